The van der Waals surface area contributed by atoms with Gasteiger partial charge in [0.1, 0.15) is 0 Å². The van der Waals surface area contributed by atoms with Crippen LogP contribution in [0.3, 0.4) is 0 Å². The maximum absolute atomic E-state index is 12.8. The van der Waals surface area contributed by atoms with Crippen molar-refractivity contribution in [1.29, 1.82) is 0 Å². The van der Waals surface area contributed by atoms with E-state index in [0.717, 1.165) is 17.0 Å². The number of aromatic amines is 1. The molecule has 1 aromatic heterocycles. The average molecular weight is 283 g/mol. The lowest BCUT2D eigenvalue weighted by atomic mass is 9.88. The number of nitrogens with one attached hydrogen (secondary N) is 2. The number of benzene rings is 1. The van der Waals surface area contributed by atoms with Crippen molar-refractivity contribution in [2.45, 2.75) is 33.1 Å². The van der Waals surface area contributed by atoms with E-state index >= 15 is 0 Å². The molecule has 0 atom stereocenters. The minimum atomic E-state index is -0.226. The lowest BCUT2D eigenvalue weighted by Gasteiger charge is -2.16. The van der Waals surface area contributed by atoms with E-state index in [9.17, 15) is 9.59 Å². The quantitative estimate of drug-likeness (QED) is 0.721. The second kappa shape index (κ2) is 4.28. The molecular formula is C16H17N3O2. The molecule has 5 heteroatoms. The first kappa shape index (κ1) is 13.5. The van der Waals surface area contributed by atoms with Gasteiger partial charge in [-0.3, -0.25) is 14.7 Å². The number of nitrogens with zero attached hydrogens (tertiary/aromatic N) is 1. The Morgan fingerprint density at radius 1 is 1.24 bits per heavy atom. The highest BCUT2D eigenvalue weighted by Gasteiger charge is 2.37. The number of hydrogen-bond donors (Lipinski definition) is 2. The van der Waals surface area contributed by atoms with Gasteiger partial charge in [-0.25, -0.2) is 0 Å². The van der Waals surface area contributed by atoms with Crippen LogP contribution in [0, 0.1) is 0 Å². The van der Waals surface area contributed by atoms with Crippen molar-refractivity contribution in [2.24, 2.45) is 0 Å². The van der Waals surface area contributed by atoms with Gasteiger partial charge in [0.2, 0.25) is 5.91 Å². The number of rotatable bonds is 1. The molecule has 3 rings (SSSR count). The third-order valence-corrected chi connectivity index (χ3v) is 3.58. The fourth-order valence-electron chi connectivity index (χ4n) is 2.72. The predicted octanol–water partition coefficient (Wildman–Crippen LogP) is 2.88. The van der Waals surface area contributed by atoms with Gasteiger partial charge in [-0.05, 0) is 6.07 Å². The van der Waals surface area contributed by atoms with Gasteiger partial charge in [0, 0.05) is 17.9 Å². The maximum atomic E-state index is 12.8. The zero-order valence-corrected chi connectivity index (χ0v) is 12.5. The molecule has 0 saturated carbocycles. The smallest absolute Gasteiger partial charge is 0.221 e. The van der Waals surface area contributed by atoms with Gasteiger partial charge in [0.25, 0.3) is 0 Å². The minimum absolute atomic E-state index is 0.0805. The number of carbonyl (C=O) groups excluding carboxylic acids is 2. The van der Waals surface area contributed by atoms with E-state index in [1.807, 2.05) is 32.9 Å². The number of ketones is 1. The number of carbonyl (C=O) groups is 2. The molecule has 1 amide bonds. The molecule has 21 heavy (non-hydrogen) atoms. The molecule has 1 aliphatic rings. The number of fused-ring (bicyclic) bond motifs is 3. The molecule has 0 radical (unpaired) electrons. The van der Waals surface area contributed by atoms with Gasteiger partial charge < -0.3 is 5.32 Å². The molecule has 0 unspecified atom stereocenters. The fourth-order valence-corrected chi connectivity index (χ4v) is 2.72. The molecule has 0 bridgehead atoms. The van der Waals surface area contributed by atoms with Crippen LogP contribution in [-0.4, -0.2) is 21.9 Å². The first-order valence-corrected chi connectivity index (χ1v) is 6.85. The summed E-state index contributed by atoms with van der Waals surface area (Å²) >= 11 is 0. The Morgan fingerprint density at radius 2 is 1.95 bits per heavy atom. The molecule has 0 saturated heterocycles. The molecule has 1 aromatic carbocycles. The van der Waals surface area contributed by atoms with E-state index in [4.69, 9.17) is 0 Å². The number of aromatic nitrogens is 2. The maximum Gasteiger partial charge on any atom is 0.221 e. The summed E-state index contributed by atoms with van der Waals surface area (Å²) in [6.45, 7) is 7.50. The molecule has 2 aromatic rings. The van der Waals surface area contributed by atoms with Crippen LogP contribution >= 0.6 is 0 Å². The fraction of sp³-hybridized carbons (Fsp3) is 0.312. The standard InChI is InChI=1S/C16H17N3O2/c1-8(20)17-10-7-5-6-9-11(10)14(21)12-13(9)18-19-15(12)16(2,3)4/h5-7H,1-4H3,(H,17,20)(H,18,19). The lowest BCUT2D eigenvalue weighted by Crippen LogP contribution is -2.17. The topological polar surface area (TPSA) is 74.8 Å². The monoisotopic (exact) mass is 283 g/mol. The van der Waals surface area contributed by atoms with Crippen LogP contribution in [0.1, 0.15) is 49.3 Å². The van der Waals surface area contributed by atoms with Gasteiger partial charge in [-0.15, -0.1) is 0 Å². The minimum Gasteiger partial charge on any atom is -0.326 e. The molecule has 1 heterocycles. The van der Waals surface area contributed by atoms with Gasteiger partial charge in [-0.2, -0.15) is 5.10 Å². The van der Waals surface area contributed by atoms with E-state index in [1.54, 1.807) is 6.07 Å². The first-order chi connectivity index (χ1) is 9.80. The van der Waals surface area contributed by atoms with Crippen LogP contribution < -0.4 is 5.32 Å². The Morgan fingerprint density at radius 3 is 2.57 bits per heavy atom. The average Bonchev–Trinajstić information content (AvgIpc) is 2.90. The summed E-state index contributed by atoms with van der Waals surface area (Å²) in [4.78, 5) is 24.1. The summed E-state index contributed by atoms with van der Waals surface area (Å²) in [5, 5.41) is 10.0. The highest BCUT2D eigenvalue weighted by molar-refractivity contribution is 6.25. The van der Waals surface area contributed by atoms with E-state index in [-0.39, 0.29) is 17.1 Å². The number of hydrogen-bond acceptors (Lipinski definition) is 3. The highest BCUT2D eigenvalue weighted by atomic mass is 16.1. The van der Waals surface area contributed by atoms with E-state index in [1.165, 1.54) is 6.92 Å². The van der Waals surface area contributed by atoms with Crippen molar-refractivity contribution >= 4 is 17.4 Å². The molecule has 0 spiro atoms. The van der Waals surface area contributed by atoms with E-state index in [2.05, 4.69) is 15.5 Å². The summed E-state index contributed by atoms with van der Waals surface area (Å²) < 4.78 is 0. The Balaban J connectivity index is 2.21. The van der Waals surface area contributed by atoms with Crippen LogP contribution in [-0.2, 0) is 10.2 Å². The molecule has 0 aliphatic heterocycles. The second-order valence-electron chi connectivity index (χ2n) is 6.31. The summed E-state index contributed by atoms with van der Waals surface area (Å²) in [5.74, 6) is -0.274. The summed E-state index contributed by atoms with van der Waals surface area (Å²) in [6.07, 6.45) is 0. The Hall–Kier alpha value is -2.43. The van der Waals surface area contributed by atoms with Gasteiger partial charge >= 0.3 is 0 Å². The third kappa shape index (κ3) is 1.96. The van der Waals surface area contributed by atoms with Crippen molar-refractivity contribution < 1.29 is 9.59 Å². The third-order valence-electron chi connectivity index (χ3n) is 3.58. The van der Waals surface area contributed by atoms with Crippen LogP contribution in [0.5, 0.6) is 0 Å². The lowest BCUT2D eigenvalue weighted by molar-refractivity contribution is -0.114. The van der Waals surface area contributed by atoms with E-state index in [0.29, 0.717) is 16.8 Å². The van der Waals surface area contributed by atoms with Crippen molar-refractivity contribution in [2.75, 3.05) is 5.32 Å². The van der Waals surface area contributed by atoms with Crippen molar-refractivity contribution in [3.05, 3.63) is 35.0 Å². The van der Waals surface area contributed by atoms with Crippen molar-refractivity contribution in [1.82, 2.24) is 10.2 Å². The van der Waals surface area contributed by atoms with Gasteiger partial charge in [-0.1, -0.05) is 32.9 Å². The highest BCUT2D eigenvalue weighted by Crippen LogP contribution is 2.42. The normalized spacial score (nSPS) is 13.0. The zero-order valence-electron chi connectivity index (χ0n) is 12.5. The second-order valence-corrected chi connectivity index (χ2v) is 6.31. The summed E-state index contributed by atoms with van der Waals surface area (Å²) in [5.41, 5.74) is 3.78. The van der Waals surface area contributed by atoms with Gasteiger partial charge in [0.05, 0.1) is 28.2 Å². The van der Waals surface area contributed by atoms with Crippen molar-refractivity contribution in [3.8, 4) is 11.3 Å². The Bertz CT molecular complexity index is 766. The number of amides is 1. The van der Waals surface area contributed by atoms with Crippen LogP contribution in [0.4, 0.5) is 5.69 Å². The number of H-pyrrole nitrogens is 1. The molecule has 1 aliphatic carbocycles. The Kier molecular flexibility index (Phi) is 2.76. The molecule has 0 fully saturated rings. The van der Waals surface area contributed by atoms with Crippen molar-refractivity contribution in [3.63, 3.8) is 0 Å². The molecule has 108 valence electrons. The largest absolute Gasteiger partial charge is 0.326 e. The Labute approximate surface area is 122 Å². The van der Waals surface area contributed by atoms with E-state index < -0.39 is 0 Å². The number of anilines is 1. The summed E-state index contributed by atoms with van der Waals surface area (Å²) in [7, 11) is 0. The summed E-state index contributed by atoms with van der Waals surface area (Å²) in [6, 6.07) is 5.44. The van der Waals surface area contributed by atoms with Crippen LogP contribution in [0.2, 0.25) is 0 Å². The molecule has 5 nitrogen and oxygen atoms in total. The zero-order chi connectivity index (χ0) is 15.4. The molecule has 2 N–H and O–H groups in total. The van der Waals surface area contributed by atoms with Crippen LogP contribution in [0.25, 0.3) is 11.3 Å². The first-order valence-electron chi connectivity index (χ1n) is 6.85. The molecular weight excluding hydrogens is 266 g/mol. The SMILES string of the molecule is CC(=O)Nc1cccc2c1C(=O)c1c(C(C)(C)C)n[nH]c1-2. The van der Waals surface area contributed by atoms with Crippen LogP contribution in [0.15, 0.2) is 18.2 Å². The predicted molar refractivity (Wildman–Crippen MR) is 80.5 cm³/mol. The van der Waals surface area contributed by atoms with Gasteiger partial charge in [0.15, 0.2) is 5.78 Å².